The molecule has 0 aliphatic rings. The summed E-state index contributed by atoms with van der Waals surface area (Å²) in [4.78, 5) is 12.4. The van der Waals surface area contributed by atoms with Gasteiger partial charge in [-0.1, -0.05) is 55.9 Å². The van der Waals surface area contributed by atoms with Crippen molar-refractivity contribution in [2.75, 3.05) is 16.9 Å². The Balaban J connectivity index is 1.67. The predicted octanol–water partition coefficient (Wildman–Crippen LogP) is 4.04. The highest BCUT2D eigenvalue weighted by Crippen LogP contribution is 2.27. The second kappa shape index (κ2) is 8.88. The van der Waals surface area contributed by atoms with Crippen LogP contribution in [0.3, 0.4) is 0 Å². The van der Waals surface area contributed by atoms with E-state index in [1.54, 1.807) is 18.2 Å². The van der Waals surface area contributed by atoms with E-state index in [-0.39, 0.29) is 23.0 Å². The molecule has 0 saturated carbocycles. The Morgan fingerprint density at radius 3 is 2.68 bits per heavy atom. The summed E-state index contributed by atoms with van der Waals surface area (Å²) in [5, 5.41) is 11.2. The average molecular weight is 399 g/mol. The first kappa shape index (κ1) is 19.9. The molecule has 0 fully saturated rings. The van der Waals surface area contributed by atoms with Gasteiger partial charge in [-0.25, -0.2) is 9.07 Å². The quantitative estimate of drug-likeness (QED) is 0.463. The molecule has 0 radical (unpaired) electrons. The molecule has 3 aromatic rings. The smallest absolute Gasteiger partial charge is 0.234 e. The number of nitrogens with one attached hydrogen (secondary N) is 1. The molecule has 0 spiro atoms. The molecule has 3 rings (SSSR count). The summed E-state index contributed by atoms with van der Waals surface area (Å²) in [7, 11) is 0. The fourth-order valence-corrected chi connectivity index (χ4v) is 3.44. The Kier molecular flexibility index (Phi) is 6.30. The Labute approximate surface area is 167 Å². The number of rotatable bonds is 7. The van der Waals surface area contributed by atoms with E-state index < -0.39 is 5.82 Å². The van der Waals surface area contributed by atoms with Crippen molar-refractivity contribution in [3.63, 3.8) is 0 Å². The van der Waals surface area contributed by atoms with E-state index in [1.807, 2.05) is 24.3 Å². The van der Waals surface area contributed by atoms with Crippen LogP contribution in [0.5, 0.6) is 0 Å². The van der Waals surface area contributed by atoms with Crippen molar-refractivity contribution in [1.29, 1.82) is 0 Å². The second-order valence-electron chi connectivity index (χ2n) is 6.39. The normalized spacial score (nSPS) is 12.0. The standard InChI is InChI=1S/C20H22FN5OS/c1-3-13(2)14-8-5-7-11-17(14)23-18(27)12-28-20-25-24-19(26(20)22)15-9-4-6-10-16(15)21/h4-11,13H,3,12,22H2,1-2H3,(H,23,27)/t13-/m0/s1. The van der Waals surface area contributed by atoms with Crippen LogP contribution >= 0.6 is 11.8 Å². The highest BCUT2D eigenvalue weighted by atomic mass is 32.2. The zero-order valence-electron chi connectivity index (χ0n) is 15.7. The lowest BCUT2D eigenvalue weighted by atomic mass is 9.97. The Morgan fingerprint density at radius 1 is 1.21 bits per heavy atom. The topological polar surface area (TPSA) is 85.8 Å². The van der Waals surface area contributed by atoms with Gasteiger partial charge in [0.2, 0.25) is 11.1 Å². The predicted molar refractivity (Wildman–Crippen MR) is 110 cm³/mol. The van der Waals surface area contributed by atoms with E-state index in [4.69, 9.17) is 5.84 Å². The molecular formula is C20H22FN5OS. The van der Waals surface area contributed by atoms with E-state index >= 15 is 0 Å². The number of hydrogen-bond acceptors (Lipinski definition) is 5. The minimum Gasteiger partial charge on any atom is -0.335 e. The summed E-state index contributed by atoms with van der Waals surface area (Å²) in [5.41, 5.74) is 2.17. The zero-order valence-corrected chi connectivity index (χ0v) is 16.5. The third kappa shape index (κ3) is 4.33. The van der Waals surface area contributed by atoms with Crippen LogP contribution in [-0.2, 0) is 4.79 Å². The third-order valence-corrected chi connectivity index (χ3v) is 5.43. The van der Waals surface area contributed by atoms with Gasteiger partial charge in [-0.15, -0.1) is 10.2 Å². The van der Waals surface area contributed by atoms with Gasteiger partial charge in [-0.2, -0.15) is 0 Å². The van der Waals surface area contributed by atoms with Gasteiger partial charge < -0.3 is 11.2 Å². The summed E-state index contributed by atoms with van der Waals surface area (Å²) in [6, 6.07) is 14.0. The molecule has 1 heterocycles. The summed E-state index contributed by atoms with van der Waals surface area (Å²) < 4.78 is 15.1. The van der Waals surface area contributed by atoms with Gasteiger partial charge in [0.25, 0.3) is 0 Å². The summed E-state index contributed by atoms with van der Waals surface area (Å²) >= 11 is 1.15. The molecule has 1 aromatic heterocycles. The van der Waals surface area contributed by atoms with E-state index in [9.17, 15) is 9.18 Å². The molecule has 0 unspecified atom stereocenters. The minimum atomic E-state index is -0.433. The molecule has 2 aromatic carbocycles. The molecule has 146 valence electrons. The van der Waals surface area contributed by atoms with Crippen molar-refractivity contribution in [3.8, 4) is 11.4 Å². The van der Waals surface area contributed by atoms with Gasteiger partial charge in [-0.3, -0.25) is 4.79 Å². The number of carbonyl (C=O) groups excluding carboxylic acids is 1. The molecule has 8 heteroatoms. The van der Waals surface area contributed by atoms with Crippen molar-refractivity contribution in [2.24, 2.45) is 0 Å². The van der Waals surface area contributed by atoms with Crippen molar-refractivity contribution in [2.45, 2.75) is 31.3 Å². The number of nitrogens with zero attached hydrogens (tertiary/aromatic N) is 3. The summed E-state index contributed by atoms with van der Waals surface area (Å²) in [5.74, 6) is 6.06. The van der Waals surface area contributed by atoms with Gasteiger partial charge in [0.1, 0.15) is 5.82 Å². The molecule has 0 aliphatic carbocycles. The molecule has 0 saturated heterocycles. The molecule has 1 amide bonds. The molecule has 1 atom stereocenters. The lowest BCUT2D eigenvalue weighted by Gasteiger charge is -2.15. The number of anilines is 1. The van der Waals surface area contributed by atoms with Crippen LogP contribution in [0, 0.1) is 5.82 Å². The molecule has 0 aliphatic heterocycles. The SMILES string of the molecule is CC[C@H](C)c1ccccc1NC(=O)CSc1nnc(-c2ccccc2F)n1N. The lowest BCUT2D eigenvalue weighted by molar-refractivity contribution is -0.113. The maximum absolute atomic E-state index is 13.9. The third-order valence-electron chi connectivity index (χ3n) is 4.49. The van der Waals surface area contributed by atoms with E-state index in [1.165, 1.54) is 10.7 Å². The molecule has 6 nitrogen and oxygen atoms in total. The molecule has 0 bridgehead atoms. The first-order chi connectivity index (χ1) is 13.5. The number of nitrogen functional groups attached to an aromatic ring is 1. The van der Waals surface area contributed by atoms with Crippen LogP contribution in [0.15, 0.2) is 53.7 Å². The first-order valence-corrected chi connectivity index (χ1v) is 9.96. The molecule has 28 heavy (non-hydrogen) atoms. The Bertz CT molecular complexity index is 975. The second-order valence-corrected chi connectivity index (χ2v) is 7.33. The van der Waals surface area contributed by atoms with Crippen LogP contribution in [0.2, 0.25) is 0 Å². The number of carbonyl (C=O) groups is 1. The average Bonchev–Trinajstić information content (AvgIpc) is 3.07. The van der Waals surface area contributed by atoms with Crippen molar-refractivity contribution < 1.29 is 9.18 Å². The molecular weight excluding hydrogens is 377 g/mol. The maximum Gasteiger partial charge on any atom is 0.234 e. The van der Waals surface area contributed by atoms with Gasteiger partial charge in [-0.05, 0) is 36.1 Å². The van der Waals surface area contributed by atoms with Gasteiger partial charge in [0.05, 0.1) is 11.3 Å². The van der Waals surface area contributed by atoms with Crippen molar-refractivity contribution in [1.82, 2.24) is 14.9 Å². The van der Waals surface area contributed by atoms with Gasteiger partial charge >= 0.3 is 0 Å². The van der Waals surface area contributed by atoms with Crippen LogP contribution in [0.25, 0.3) is 11.4 Å². The fourth-order valence-electron chi connectivity index (χ4n) is 2.78. The number of benzene rings is 2. The number of hydrogen-bond donors (Lipinski definition) is 2. The molecule has 3 N–H and O–H groups in total. The van der Waals surface area contributed by atoms with Crippen molar-refractivity contribution in [3.05, 3.63) is 59.9 Å². The van der Waals surface area contributed by atoms with Crippen LogP contribution < -0.4 is 11.2 Å². The largest absolute Gasteiger partial charge is 0.335 e. The number of thioether (sulfide) groups is 1. The first-order valence-electron chi connectivity index (χ1n) is 8.98. The van der Waals surface area contributed by atoms with E-state index in [0.29, 0.717) is 11.1 Å². The monoisotopic (exact) mass is 399 g/mol. The van der Waals surface area contributed by atoms with Gasteiger partial charge in [0.15, 0.2) is 5.82 Å². The van der Waals surface area contributed by atoms with E-state index in [0.717, 1.165) is 29.4 Å². The zero-order chi connectivity index (χ0) is 20.1. The maximum atomic E-state index is 13.9. The Hall–Kier alpha value is -2.87. The Morgan fingerprint density at radius 2 is 1.93 bits per heavy atom. The summed E-state index contributed by atoms with van der Waals surface area (Å²) in [6.45, 7) is 4.24. The van der Waals surface area contributed by atoms with Crippen LogP contribution in [-0.4, -0.2) is 26.5 Å². The van der Waals surface area contributed by atoms with Crippen LogP contribution in [0.4, 0.5) is 10.1 Å². The van der Waals surface area contributed by atoms with Crippen LogP contribution in [0.1, 0.15) is 31.7 Å². The fraction of sp³-hybridized carbons (Fsp3) is 0.250. The number of amides is 1. The number of aromatic nitrogens is 3. The highest BCUT2D eigenvalue weighted by molar-refractivity contribution is 7.99. The number of nitrogens with two attached hydrogens (primary N) is 1. The number of halogens is 1. The van der Waals surface area contributed by atoms with E-state index in [2.05, 4.69) is 29.4 Å². The highest BCUT2D eigenvalue weighted by Gasteiger charge is 2.17. The van der Waals surface area contributed by atoms with Crippen molar-refractivity contribution >= 4 is 23.4 Å². The minimum absolute atomic E-state index is 0.113. The van der Waals surface area contributed by atoms with Gasteiger partial charge in [0, 0.05) is 5.69 Å². The summed E-state index contributed by atoms with van der Waals surface area (Å²) in [6.07, 6.45) is 0.983. The number of para-hydroxylation sites is 1. The lowest BCUT2D eigenvalue weighted by Crippen LogP contribution is -2.17.